The normalized spacial score (nSPS) is 51.8. The van der Waals surface area contributed by atoms with Crippen molar-refractivity contribution < 1.29 is 39.4 Å². The number of allylic oxidation sites excluding steroid dienone is 3. The van der Waals surface area contributed by atoms with E-state index in [1.54, 1.807) is 13.0 Å². The highest BCUT2D eigenvalue weighted by Gasteiger charge is 2.70. The predicted octanol–water partition coefficient (Wildman–Crippen LogP) is 3.46. The zero-order valence-electron chi connectivity index (χ0n) is 22.6. The molecule has 0 aromatic carbocycles. The fourth-order valence-corrected chi connectivity index (χ4v) is 9.43. The first-order valence-corrected chi connectivity index (χ1v) is 14.4. The van der Waals surface area contributed by atoms with Gasteiger partial charge in [-0.2, -0.15) is 0 Å². The summed E-state index contributed by atoms with van der Waals surface area (Å²) < 4.78 is 18.6. The van der Waals surface area contributed by atoms with E-state index in [0.717, 1.165) is 56.9 Å². The Morgan fingerprint density at radius 2 is 1.82 bits per heavy atom. The van der Waals surface area contributed by atoms with Gasteiger partial charge in [0.05, 0.1) is 18.5 Å². The lowest BCUT2D eigenvalue weighted by molar-refractivity contribution is -0.301. The van der Waals surface area contributed by atoms with Crippen molar-refractivity contribution in [3.05, 3.63) is 35.6 Å². The van der Waals surface area contributed by atoms with Gasteiger partial charge in [-0.15, -0.1) is 0 Å². The van der Waals surface area contributed by atoms with Gasteiger partial charge in [-0.05, 0) is 87.2 Å². The van der Waals surface area contributed by atoms with E-state index in [0.29, 0.717) is 17.8 Å². The average Bonchev–Trinajstić information content (AvgIpc) is 3.05. The molecule has 0 aromatic heterocycles. The van der Waals surface area contributed by atoms with Gasteiger partial charge in [0.1, 0.15) is 23.9 Å². The summed E-state index contributed by atoms with van der Waals surface area (Å²) in [7, 11) is 0. The Hall–Kier alpha value is -1.71. The van der Waals surface area contributed by atoms with Crippen LogP contribution >= 0.6 is 0 Å². The highest BCUT2D eigenvalue weighted by atomic mass is 16.7. The summed E-state index contributed by atoms with van der Waals surface area (Å²) in [5, 5.41) is 39.8. The van der Waals surface area contributed by atoms with Gasteiger partial charge in [0.2, 0.25) is 0 Å². The molecule has 12 atom stereocenters. The standard InChI is InChI=1S/C30H42O8/c1-16-24(33)25(34)26(35)27(37-16)38-19-8-11-28(2)18(14-19)5-6-22-21(28)9-12-29(3)20-10-13-30(22,29)36-15-17(20)4-7-23(31)32/h4,7,14-16,19-22,24-27,33-35H,5-6,8-13H2,1-3H3,(H,31,32)/b7-4+/t16-,19-,20+,21-,22+,24-,25+,26+,27-,28-,29+,30-/m0/s1. The molecule has 4 N–H and O–H groups in total. The number of carbonyl (C=O) groups is 1. The molecule has 3 saturated carbocycles. The average molecular weight is 531 g/mol. The molecule has 0 radical (unpaired) electrons. The molecule has 8 heteroatoms. The molecule has 4 fully saturated rings. The molecule has 4 aliphatic carbocycles. The first-order chi connectivity index (χ1) is 18.0. The zero-order chi connectivity index (χ0) is 27.0. The van der Waals surface area contributed by atoms with Crippen LogP contribution < -0.4 is 0 Å². The second-order valence-electron chi connectivity index (χ2n) is 13.1. The molecule has 38 heavy (non-hydrogen) atoms. The lowest BCUT2D eigenvalue weighted by Crippen LogP contribution is -2.62. The van der Waals surface area contributed by atoms with E-state index in [-0.39, 0.29) is 22.5 Å². The van der Waals surface area contributed by atoms with Crippen molar-refractivity contribution in [2.24, 2.45) is 28.6 Å². The van der Waals surface area contributed by atoms with Crippen molar-refractivity contribution in [3.8, 4) is 0 Å². The number of carboxylic acid groups (broad SMARTS) is 1. The van der Waals surface area contributed by atoms with Gasteiger partial charge >= 0.3 is 5.97 Å². The van der Waals surface area contributed by atoms with Crippen molar-refractivity contribution >= 4 is 5.97 Å². The minimum atomic E-state index is -1.29. The Bertz CT molecular complexity index is 1070. The third kappa shape index (κ3) is 3.70. The fourth-order valence-electron chi connectivity index (χ4n) is 9.43. The van der Waals surface area contributed by atoms with Crippen LogP contribution in [0.2, 0.25) is 0 Å². The van der Waals surface area contributed by atoms with Gasteiger partial charge in [-0.25, -0.2) is 4.79 Å². The molecule has 1 saturated heterocycles. The summed E-state index contributed by atoms with van der Waals surface area (Å²) in [4.78, 5) is 11.1. The molecule has 2 aliphatic heterocycles. The maximum atomic E-state index is 11.1. The van der Waals surface area contributed by atoms with Crippen LogP contribution in [-0.2, 0) is 19.0 Å². The van der Waals surface area contributed by atoms with Gasteiger partial charge in [0, 0.05) is 17.4 Å². The van der Waals surface area contributed by atoms with Gasteiger partial charge in [-0.3, -0.25) is 0 Å². The quantitative estimate of drug-likeness (QED) is 0.322. The van der Waals surface area contributed by atoms with Crippen LogP contribution in [0.3, 0.4) is 0 Å². The van der Waals surface area contributed by atoms with Crippen LogP contribution in [0.4, 0.5) is 0 Å². The number of hydrogen-bond acceptors (Lipinski definition) is 7. The molecule has 2 bridgehead atoms. The van der Waals surface area contributed by atoms with Crippen LogP contribution in [0.25, 0.3) is 0 Å². The molecule has 210 valence electrons. The van der Waals surface area contributed by atoms with Crippen molar-refractivity contribution in [3.63, 3.8) is 0 Å². The molecule has 6 rings (SSSR count). The number of aliphatic carboxylic acids is 1. The topological polar surface area (TPSA) is 126 Å². The Morgan fingerprint density at radius 1 is 1.03 bits per heavy atom. The molecular weight excluding hydrogens is 488 g/mol. The van der Waals surface area contributed by atoms with Gasteiger partial charge in [0.15, 0.2) is 6.29 Å². The van der Waals surface area contributed by atoms with E-state index in [2.05, 4.69) is 19.9 Å². The van der Waals surface area contributed by atoms with Gasteiger partial charge in [0.25, 0.3) is 0 Å². The largest absolute Gasteiger partial charge is 0.494 e. The number of hydrogen-bond donors (Lipinski definition) is 4. The molecule has 0 unspecified atom stereocenters. The number of aliphatic hydroxyl groups is 3. The van der Waals surface area contributed by atoms with Crippen molar-refractivity contribution in [1.29, 1.82) is 0 Å². The number of carboxylic acids is 1. The zero-order valence-corrected chi connectivity index (χ0v) is 22.6. The number of aliphatic hydroxyl groups excluding tert-OH is 3. The third-order valence-corrected chi connectivity index (χ3v) is 11.6. The van der Waals surface area contributed by atoms with E-state index in [4.69, 9.17) is 19.3 Å². The molecule has 0 spiro atoms. The summed E-state index contributed by atoms with van der Waals surface area (Å²) in [5.74, 6) is 0.364. The first-order valence-electron chi connectivity index (χ1n) is 14.4. The van der Waals surface area contributed by atoms with Crippen molar-refractivity contribution in [2.75, 3.05) is 0 Å². The lowest BCUT2D eigenvalue weighted by Gasteiger charge is -2.64. The Morgan fingerprint density at radius 3 is 2.58 bits per heavy atom. The highest BCUT2D eigenvalue weighted by molar-refractivity contribution is 5.80. The maximum Gasteiger partial charge on any atom is 0.328 e. The predicted molar refractivity (Wildman–Crippen MR) is 138 cm³/mol. The molecule has 2 heterocycles. The Kier molecular flexibility index (Phi) is 6.39. The van der Waals surface area contributed by atoms with E-state index in [9.17, 15) is 20.1 Å². The smallest absolute Gasteiger partial charge is 0.328 e. The summed E-state index contributed by atoms with van der Waals surface area (Å²) in [5.41, 5.74) is 2.30. The maximum absolute atomic E-state index is 11.1. The van der Waals surface area contributed by atoms with Crippen LogP contribution in [0, 0.1) is 28.6 Å². The van der Waals surface area contributed by atoms with E-state index in [1.165, 1.54) is 11.6 Å². The Balaban J connectivity index is 1.22. The third-order valence-electron chi connectivity index (χ3n) is 11.6. The second kappa shape index (κ2) is 9.16. The molecule has 6 aliphatic rings. The molecule has 0 amide bonds. The Labute approximate surface area is 224 Å². The monoisotopic (exact) mass is 530 g/mol. The SMILES string of the molecule is C[C@@H]1O[C@@H](O[C@@H]2C=C3CC[C@@H]4[C@H](CC[C@]5(C)[C@@H]6CC[C@]45OC=C6/C=C/C(=O)O)[C@@]3(C)CC2)[C@H](O)[C@H](O)[C@H]1O. The van der Waals surface area contributed by atoms with Crippen molar-refractivity contribution in [2.45, 2.75) is 115 Å². The summed E-state index contributed by atoms with van der Waals surface area (Å²) >= 11 is 0. The highest BCUT2D eigenvalue weighted by Crippen LogP contribution is 2.71. The second-order valence-corrected chi connectivity index (χ2v) is 13.1. The molecular formula is C30H42O8. The number of rotatable bonds is 4. The van der Waals surface area contributed by atoms with E-state index >= 15 is 0 Å². The fraction of sp³-hybridized carbons (Fsp3) is 0.767. The van der Waals surface area contributed by atoms with Gasteiger partial charge in [-0.1, -0.05) is 25.5 Å². The van der Waals surface area contributed by atoms with Gasteiger partial charge < -0.3 is 34.6 Å². The summed E-state index contributed by atoms with van der Waals surface area (Å²) in [6, 6.07) is 0. The van der Waals surface area contributed by atoms with Crippen LogP contribution in [0.15, 0.2) is 35.6 Å². The van der Waals surface area contributed by atoms with Crippen molar-refractivity contribution in [1.82, 2.24) is 0 Å². The molecule has 8 nitrogen and oxygen atoms in total. The van der Waals surface area contributed by atoms with E-state index < -0.39 is 36.7 Å². The van der Waals surface area contributed by atoms with E-state index in [1.807, 2.05) is 6.26 Å². The minimum Gasteiger partial charge on any atom is -0.494 e. The number of ether oxygens (including phenoxy) is 3. The van der Waals surface area contributed by atoms with Crippen LogP contribution in [0.1, 0.15) is 72.1 Å². The minimum absolute atomic E-state index is 0.00946. The first kappa shape index (κ1) is 26.5. The number of fused-ring (bicyclic) bond motifs is 3. The summed E-state index contributed by atoms with van der Waals surface area (Å²) in [6.07, 6.45) is 9.61. The summed E-state index contributed by atoms with van der Waals surface area (Å²) in [6.45, 7) is 6.46. The lowest BCUT2D eigenvalue weighted by atomic mass is 9.44. The van der Waals surface area contributed by atoms with Crippen LogP contribution in [0.5, 0.6) is 0 Å². The molecule has 0 aromatic rings. The van der Waals surface area contributed by atoms with Crippen LogP contribution in [-0.4, -0.2) is 68.8 Å².